The van der Waals surface area contributed by atoms with Crippen molar-refractivity contribution in [1.82, 2.24) is 0 Å². The predicted octanol–water partition coefficient (Wildman–Crippen LogP) is -2.46. The first kappa shape index (κ1) is 18.5. The number of aryl methyl sites for hydroxylation is 1. The van der Waals surface area contributed by atoms with Crippen LogP contribution in [0, 0.1) is 13.0 Å². The summed E-state index contributed by atoms with van der Waals surface area (Å²) in [5.41, 5.74) is 5.25. The molecule has 3 heteroatoms. The van der Waals surface area contributed by atoms with Crippen LogP contribution in [0.2, 0.25) is 0 Å². The molecule has 1 aromatic rings. The van der Waals surface area contributed by atoms with E-state index in [1.807, 2.05) is 0 Å². The summed E-state index contributed by atoms with van der Waals surface area (Å²) in [6, 6.07) is 8.67. The van der Waals surface area contributed by atoms with Crippen molar-refractivity contribution in [3.05, 3.63) is 53.1 Å². The molecule has 0 saturated heterocycles. The second-order valence-electron chi connectivity index (χ2n) is 3.49. The van der Waals surface area contributed by atoms with Gasteiger partial charge in [-0.2, -0.15) is 11.6 Å². The van der Waals surface area contributed by atoms with Crippen molar-refractivity contribution in [2.45, 2.75) is 20.3 Å². The Hall–Kier alpha value is 0.163. The Bertz CT molecular complexity index is 377. The third kappa shape index (κ3) is 4.20. The van der Waals surface area contributed by atoms with Gasteiger partial charge in [-0.3, -0.25) is 6.08 Å². The SMILES string of the molecule is CC1=[C-]CC=C1c1ccc(C)cc1.[Cl-].[Cl-].[Zr+3]. The van der Waals surface area contributed by atoms with E-state index in [2.05, 4.69) is 50.3 Å². The number of benzene rings is 1. The van der Waals surface area contributed by atoms with E-state index in [1.54, 1.807) is 0 Å². The predicted molar refractivity (Wildman–Crippen MR) is 56.2 cm³/mol. The van der Waals surface area contributed by atoms with Crippen molar-refractivity contribution >= 4 is 5.57 Å². The van der Waals surface area contributed by atoms with Crippen LogP contribution >= 0.6 is 0 Å². The molecule has 2 rings (SSSR count). The van der Waals surface area contributed by atoms with E-state index in [4.69, 9.17) is 0 Å². The van der Waals surface area contributed by atoms with Gasteiger partial charge in [0.05, 0.1) is 0 Å². The van der Waals surface area contributed by atoms with E-state index in [-0.39, 0.29) is 51.0 Å². The van der Waals surface area contributed by atoms with Gasteiger partial charge < -0.3 is 24.8 Å². The van der Waals surface area contributed by atoms with Gasteiger partial charge >= 0.3 is 26.2 Å². The maximum Gasteiger partial charge on any atom is 3.00 e. The zero-order valence-corrected chi connectivity index (χ0v) is 13.3. The third-order valence-corrected chi connectivity index (χ3v) is 2.44. The fourth-order valence-corrected chi connectivity index (χ4v) is 1.62. The molecule has 0 unspecified atom stereocenters. The molecule has 0 aromatic heterocycles. The van der Waals surface area contributed by atoms with Gasteiger partial charge in [-0.15, -0.1) is 12.0 Å². The van der Waals surface area contributed by atoms with Gasteiger partial charge in [0.1, 0.15) is 0 Å². The number of rotatable bonds is 1. The molecule has 0 aliphatic heterocycles. The molecule has 16 heavy (non-hydrogen) atoms. The van der Waals surface area contributed by atoms with Crippen LogP contribution in [-0.4, -0.2) is 0 Å². The number of allylic oxidation sites excluding steroid dienone is 4. The molecule has 1 aliphatic carbocycles. The Morgan fingerprint density at radius 2 is 1.56 bits per heavy atom. The molecule has 0 fully saturated rings. The quantitative estimate of drug-likeness (QED) is 0.501. The van der Waals surface area contributed by atoms with Gasteiger partial charge in [0.2, 0.25) is 0 Å². The Labute approximate surface area is 129 Å². The first-order valence-corrected chi connectivity index (χ1v) is 4.62. The molecule has 0 atom stereocenters. The molecule has 1 aliphatic rings. The number of halogens is 2. The maximum absolute atomic E-state index is 3.31. The summed E-state index contributed by atoms with van der Waals surface area (Å²) in [6.45, 7) is 4.24. The Balaban J connectivity index is 0. The van der Waals surface area contributed by atoms with E-state index in [0.717, 1.165) is 6.42 Å². The molecule has 0 heterocycles. The van der Waals surface area contributed by atoms with Gasteiger partial charge in [-0.25, -0.2) is 5.57 Å². The van der Waals surface area contributed by atoms with Crippen LogP contribution in [0.4, 0.5) is 0 Å². The summed E-state index contributed by atoms with van der Waals surface area (Å²) in [6.07, 6.45) is 6.51. The van der Waals surface area contributed by atoms with Crippen LogP contribution in [0.15, 0.2) is 35.9 Å². The fraction of sp³-hybridized carbons (Fsp3) is 0.231. The second-order valence-corrected chi connectivity index (χ2v) is 3.49. The molecule has 0 saturated carbocycles. The fourth-order valence-electron chi connectivity index (χ4n) is 1.62. The second kappa shape index (κ2) is 8.28. The molecular formula is C13H13Cl2Zr. The topological polar surface area (TPSA) is 0 Å². The summed E-state index contributed by atoms with van der Waals surface area (Å²) in [4.78, 5) is 0. The van der Waals surface area contributed by atoms with Gasteiger partial charge in [-0.1, -0.05) is 36.8 Å². The summed E-state index contributed by atoms with van der Waals surface area (Å²) >= 11 is 0. The monoisotopic (exact) mass is 329 g/mol. The molecule has 0 amide bonds. The van der Waals surface area contributed by atoms with Crippen LogP contribution < -0.4 is 24.8 Å². The standard InChI is InChI=1S/C13H13.2ClH.Zr/c1-10-6-8-12(9-7-10)13-5-3-4-11(13)2;;;/h5-9H,3H2,1-2H3;2*1H;/q-1;;;+3/p-2. The van der Waals surface area contributed by atoms with Crippen LogP contribution in [0.25, 0.3) is 5.57 Å². The minimum Gasteiger partial charge on any atom is -1.00 e. The first-order valence-electron chi connectivity index (χ1n) is 4.62. The molecule has 0 spiro atoms. The Morgan fingerprint density at radius 1 is 1.00 bits per heavy atom. The first-order chi connectivity index (χ1) is 6.27. The van der Waals surface area contributed by atoms with E-state index in [0.29, 0.717) is 0 Å². The molecule has 1 radical (unpaired) electrons. The van der Waals surface area contributed by atoms with E-state index >= 15 is 0 Å². The van der Waals surface area contributed by atoms with Crippen LogP contribution in [0.1, 0.15) is 24.5 Å². The van der Waals surface area contributed by atoms with Gasteiger partial charge in [0.25, 0.3) is 0 Å². The van der Waals surface area contributed by atoms with Gasteiger partial charge in [0.15, 0.2) is 0 Å². The van der Waals surface area contributed by atoms with Crippen molar-refractivity contribution in [2.75, 3.05) is 0 Å². The van der Waals surface area contributed by atoms with Gasteiger partial charge in [-0.05, 0) is 6.92 Å². The number of hydrogen-bond donors (Lipinski definition) is 0. The smallest absolute Gasteiger partial charge is 1.00 e. The minimum atomic E-state index is 0. The van der Waals surface area contributed by atoms with Crippen LogP contribution in [-0.2, 0) is 26.2 Å². The summed E-state index contributed by atoms with van der Waals surface area (Å²) < 4.78 is 0. The molecule has 0 bridgehead atoms. The minimum absolute atomic E-state index is 0. The van der Waals surface area contributed by atoms with Crippen molar-refractivity contribution in [3.8, 4) is 0 Å². The molecule has 83 valence electrons. The third-order valence-electron chi connectivity index (χ3n) is 2.44. The zero-order chi connectivity index (χ0) is 9.26. The van der Waals surface area contributed by atoms with Crippen molar-refractivity contribution in [2.24, 2.45) is 0 Å². The van der Waals surface area contributed by atoms with E-state index < -0.39 is 0 Å². The average molecular weight is 331 g/mol. The molecule has 1 aromatic carbocycles. The zero-order valence-electron chi connectivity index (χ0n) is 9.35. The van der Waals surface area contributed by atoms with Crippen molar-refractivity contribution in [3.63, 3.8) is 0 Å². The maximum atomic E-state index is 3.31. The van der Waals surface area contributed by atoms with Crippen molar-refractivity contribution in [1.29, 1.82) is 0 Å². The van der Waals surface area contributed by atoms with E-state index in [1.165, 1.54) is 22.3 Å². The number of hydrogen-bond acceptors (Lipinski definition) is 0. The molecule has 0 N–H and O–H groups in total. The Kier molecular flexibility index (Phi) is 9.59. The van der Waals surface area contributed by atoms with Gasteiger partial charge in [0, 0.05) is 0 Å². The summed E-state index contributed by atoms with van der Waals surface area (Å²) in [5, 5.41) is 0. The normalized spacial score (nSPS) is 12.6. The molecule has 0 nitrogen and oxygen atoms in total. The van der Waals surface area contributed by atoms with E-state index in [9.17, 15) is 0 Å². The molecular weight excluding hydrogens is 318 g/mol. The van der Waals surface area contributed by atoms with Crippen LogP contribution in [0.5, 0.6) is 0 Å². The summed E-state index contributed by atoms with van der Waals surface area (Å²) in [5.74, 6) is 0. The average Bonchev–Trinajstić information content (AvgIpc) is 2.53. The summed E-state index contributed by atoms with van der Waals surface area (Å²) in [7, 11) is 0. The largest absolute Gasteiger partial charge is 3.00 e. The Morgan fingerprint density at radius 3 is 2.00 bits per heavy atom. The van der Waals surface area contributed by atoms with Crippen LogP contribution in [0.3, 0.4) is 0 Å². The van der Waals surface area contributed by atoms with Crippen molar-refractivity contribution < 1.29 is 51.0 Å².